The molecule has 4 N–H and O–H groups in total. The van der Waals surface area contributed by atoms with Crippen molar-refractivity contribution < 1.29 is 14.4 Å². The van der Waals surface area contributed by atoms with E-state index in [0.717, 1.165) is 10.0 Å². The van der Waals surface area contributed by atoms with Gasteiger partial charge in [-0.25, -0.2) is 0 Å². The number of carbonyl (C=O) groups is 3. The Morgan fingerprint density at radius 1 is 1.12 bits per heavy atom. The van der Waals surface area contributed by atoms with Gasteiger partial charge in [0.05, 0.1) is 0 Å². The fraction of sp³-hybridized carbons (Fsp3) is 0.167. The zero-order valence-electron chi connectivity index (χ0n) is 13.6. The number of benzene rings is 2. The average molecular weight is 404 g/mol. The number of primary amides is 1. The highest BCUT2D eigenvalue weighted by atomic mass is 79.9. The number of rotatable bonds is 6. The Hall–Kier alpha value is -2.67. The molecule has 0 radical (unpaired) electrons. The Kier molecular flexibility index (Phi) is 6.30. The first kappa shape index (κ1) is 18.7. The van der Waals surface area contributed by atoms with Crippen molar-refractivity contribution >= 4 is 39.3 Å². The fourth-order valence-electron chi connectivity index (χ4n) is 2.26. The van der Waals surface area contributed by atoms with E-state index in [1.165, 1.54) is 13.0 Å². The molecule has 2 rings (SSSR count). The van der Waals surface area contributed by atoms with Crippen LogP contribution in [0.15, 0.2) is 53.0 Å². The summed E-state index contributed by atoms with van der Waals surface area (Å²) < 4.78 is 0.922. The van der Waals surface area contributed by atoms with Gasteiger partial charge in [-0.05, 0) is 35.9 Å². The number of amides is 3. The minimum Gasteiger partial charge on any atom is -0.368 e. The third kappa shape index (κ3) is 5.72. The zero-order valence-corrected chi connectivity index (χ0v) is 15.2. The van der Waals surface area contributed by atoms with Gasteiger partial charge in [-0.15, -0.1) is 0 Å². The number of hydrogen-bond acceptors (Lipinski definition) is 3. The molecule has 0 spiro atoms. The molecule has 25 heavy (non-hydrogen) atoms. The van der Waals surface area contributed by atoms with Gasteiger partial charge >= 0.3 is 0 Å². The van der Waals surface area contributed by atoms with Gasteiger partial charge in [0.2, 0.25) is 11.8 Å². The number of anilines is 1. The Bertz CT molecular complexity index is 790. The molecular formula is C18H18BrN3O3. The van der Waals surface area contributed by atoms with Crippen LogP contribution in [-0.2, 0) is 16.0 Å². The van der Waals surface area contributed by atoms with Crippen molar-refractivity contribution in [1.82, 2.24) is 5.32 Å². The minimum absolute atomic E-state index is 0.234. The van der Waals surface area contributed by atoms with Crippen molar-refractivity contribution in [1.29, 1.82) is 0 Å². The molecule has 0 aliphatic heterocycles. The summed E-state index contributed by atoms with van der Waals surface area (Å²) in [6, 6.07) is 13.0. The van der Waals surface area contributed by atoms with Crippen molar-refractivity contribution in [2.75, 3.05) is 5.32 Å². The van der Waals surface area contributed by atoms with E-state index in [1.54, 1.807) is 18.2 Å². The second-order valence-electron chi connectivity index (χ2n) is 5.52. The number of nitrogens with two attached hydrogens (primary N) is 1. The first-order valence-corrected chi connectivity index (χ1v) is 8.36. The van der Waals surface area contributed by atoms with Crippen LogP contribution < -0.4 is 16.4 Å². The molecule has 2 aromatic carbocycles. The van der Waals surface area contributed by atoms with Gasteiger partial charge in [0.25, 0.3) is 5.91 Å². The van der Waals surface area contributed by atoms with Crippen LogP contribution in [0, 0.1) is 0 Å². The lowest BCUT2D eigenvalue weighted by molar-refractivity contribution is -0.119. The predicted molar refractivity (Wildman–Crippen MR) is 99.0 cm³/mol. The highest BCUT2D eigenvalue weighted by molar-refractivity contribution is 9.10. The topological polar surface area (TPSA) is 101 Å². The fourth-order valence-corrected chi connectivity index (χ4v) is 2.53. The van der Waals surface area contributed by atoms with Gasteiger partial charge in [-0.3, -0.25) is 14.4 Å². The first-order chi connectivity index (χ1) is 11.8. The molecular weight excluding hydrogens is 386 g/mol. The molecule has 0 aliphatic rings. The molecule has 7 heteroatoms. The number of carbonyl (C=O) groups excluding carboxylic acids is 3. The van der Waals surface area contributed by atoms with E-state index in [9.17, 15) is 14.4 Å². The quantitative estimate of drug-likeness (QED) is 0.688. The Morgan fingerprint density at radius 3 is 2.40 bits per heavy atom. The lowest BCUT2D eigenvalue weighted by atomic mass is 10.0. The Labute approximate surface area is 153 Å². The van der Waals surface area contributed by atoms with Crippen molar-refractivity contribution in [3.8, 4) is 0 Å². The van der Waals surface area contributed by atoms with Gasteiger partial charge in [-0.2, -0.15) is 0 Å². The average Bonchev–Trinajstić information content (AvgIpc) is 2.55. The summed E-state index contributed by atoms with van der Waals surface area (Å²) in [5, 5.41) is 5.24. The molecule has 2 aromatic rings. The van der Waals surface area contributed by atoms with Crippen molar-refractivity contribution in [2.24, 2.45) is 5.73 Å². The van der Waals surface area contributed by atoms with Crippen LogP contribution in [0.25, 0.3) is 0 Å². The Morgan fingerprint density at radius 2 is 1.80 bits per heavy atom. The molecule has 6 nitrogen and oxygen atoms in total. The van der Waals surface area contributed by atoms with Crippen LogP contribution in [0.4, 0.5) is 5.69 Å². The molecule has 0 saturated heterocycles. The first-order valence-electron chi connectivity index (χ1n) is 7.57. The molecule has 0 heterocycles. The van der Waals surface area contributed by atoms with E-state index < -0.39 is 17.9 Å². The lowest BCUT2D eigenvalue weighted by Gasteiger charge is -2.16. The monoisotopic (exact) mass is 403 g/mol. The summed E-state index contributed by atoms with van der Waals surface area (Å²) in [5.41, 5.74) is 7.12. The van der Waals surface area contributed by atoms with Crippen LogP contribution in [0.2, 0.25) is 0 Å². The third-order valence-corrected chi connectivity index (χ3v) is 3.98. The maximum atomic E-state index is 12.4. The van der Waals surface area contributed by atoms with E-state index in [-0.39, 0.29) is 5.91 Å². The summed E-state index contributed by atoms with van der Waals surface area (Å²) in [7, 11) is 0. The van der Waals surface area contributed by atoms with Crippen LogP contribution in [0.5, 0.6) is 0 Å². The molecule has 0 fully saturated rings. The Balaban J connectivity index is 2.11. The van der Waals surface area contributed by atoms with E-state index >= 15 is 0 Å². The molecule has 0 aliphatic carbocycles. The maximum Gasteiger partial charge on any atom is 0.252 e. The van der Waals surface area contributed by atoms with Gasteiger partial charge in [0, 0.05) is 29.1 Å². The van der Waals surface area contributed by atoms with E-state index in [2.05, 4.69) is 26.6 Å². The third-order valence-electron chi connectivity index (χ3n) is 3.45. The number of nitrogens with one attached hydrogen (secondary N) is 2. The summed E-state index contributed by atoms with van der Waals surface area (Å²) in [6.45, 7) is 1.38. The normalized spacial score (nSPS) is 11.4. The molecule has 0 bridgehead atoms. The van der Waals surface area contributed by atoms with Crippen molar-refractivity contribution in [3.63, 3.8) is 0 Å². The number of hydrogen-bond donors (Lipinski definition) is 3. The van der Waals surface area contributed by atoms with Gasteiger partial charge in [0.1, 0.15) is 6.04 Å². The smallest absolute Gasteiger partial charge is 0.252 e. The maximum absolute atomic E-state index is 12.4. The van der Waals surface area contributed by atoms with Crippen LogP contribution >= 0.6 is 15.9 Å². The minimum atomic E-state index is -0.835. The summed E-state index contributed by atoms with van der Waals surface area (Å²) in [6.07, 6.45) is 0.291. The molecule has 0 saturated carbocycles. The second kappa shape index (κ2) is 8.43. The van der Waals surface area contributed by atoms with Gasteiger partial charge in [0.15, 0.2) is 0 Å². The van der Waals surface area contributed by atoms with Crippen molar-refractivity contribution in [2.45, 2.75) is 19.4 Å². The van der Waals surface area contributed by atoms with Gasteiger partial charge < -0.3 is 16.4 Å². The highest BCUT2D eigenvalue weighted by Crippen LogP contribution is 2.13. The molecule has 130 valence electrons. The zero-order chi connectivity index (χ0) is 18.4. The molecule has 3 amide bonds. The lowest BCUT2D eigenvalue weighted by Crippen LogP contribution is -2.45. The largest absolute Gasteiger partial charge is 0.368 e. The summed E-state index contributed by atoms with van der Waals surface area (Å²) in [5.74, 6) is -1.29. The van der Waals surface area contributed by atoms with E-state index in [0.29, 0.717) is 17.7 Å². The number of halogens is 1. The summed E-state index contributed by atoms with van der Waals surface area (Å²) >= 11 is 3.34. The second-order valence-corrected chi connectivity index (χ2v) is 6.44. The SMILES string of the molecule is CC(=O)Nc1cccc(C(=O)N[C@@H](Cc2ccc(Br)cc2)C(N)=O)c1. The highest BCUT2D eigenvalue weighted by Gasteiger charge is 2.19. The van der Waals surface area contributed by atoms with Crippen molar-refractivity contribution in [3.05, 3.63) is 64.1 Å². The predicted octanol–water partition coefficient (Wildman–Crippen LogP) is 2.23. The van der Waals surface area contributed by atoms with E-state index in [1.807, 2.05) is 24.3 Å². The van der Waals surface area contributed by atoms with Gasteiger partial charge in [-0.1, -0.05) is 34.1 Å². The molecule has 0 aromatic heterocycles. The van der Waals surface area contributed by atoms with Crippen LogP contribution in [0.1, 0.15) is 22.8 Å². The van der Waals surface area contributed by atoms with Crippen LogP contribution in [0.3, 0.4) is 0 Å². The molecule has 1 atom stereocenters. The van der Waals surface area contributed by atoms with E-state index in [4.69, 9.17) is 5.73 Å². The molecule has 0 unspecified atom stereocenters. The van der Waals surface area contributed by atoms with Crippen LogP contribution in [-0.4, -0.2) is 23.8 Å². The standard InChI is InChI=1S/C18H18BrN3O3/c1-11(23)21-15-4-2-3-13(10-15)18(25)22-16(17(20)24)9-12-5-7-14(19)8-6-12/h2-8,10,16H,9H2,1H3,(H2,20,24)(H,21,23)(H,22,25)/t16-/m0/s1. The summed E-state index contributed by atoms with van der Waals surface area (Å²) in [4.78, 5) is 35.2.